The molecule has 102 valence electrons. The van der Waals surface area contributed by atoms with Gasteiger partial charge in [-0.3, -0.25) is 4.98 Å². The summed E-state index contributed by atoms with van der Waals surface area (Å²) in [5, 5.41) is 4.31. The van der Waals surface area contributed by atoms with Gasteiger partial charge in [-0.2, -0.15) is 0 Å². The van der Waals surface area contributed by atoms with Crippen LogP contribution in [0.1, 0.15) is 17.5 Å². The topological polar surface area (TPSA) is 47.0 Å². The minimum absolute atomic E-state index is 0.540. The second-order valence-corrected chi connectivity index (χ2v) is 5.99. The molecule has 0 aliphatic rings. The molecule has 4 nitrogen and oxygen atoms in total. The smallest absolute Gasteiger partial charge is 0.125 e. The van der Waals surface area contributed by atoms with Crippen molar-refractivity contribution in [3.05, 3.63) is 33.5 Å². The van der Waals surface area contributed by atoms with E-state index in [1.807, 2.05) is 12.3 Å². The lowest BCUT2D eigenvalue weighted by atomic mass is 10.3. The van der Waals surface area contributed by atoms with Gasteiger partial charge in [0.05, 0.1) is 12.3 Å². The van der Waals surface area contributed by atoms with Crippen LogP contribution in [0.4, 0.5) is 0 Å². The highest BCUT2D eigenvalue weighted by atomic mass is 79.9. The van der Waals surface area contributed by atoms with E-state index in [1.54, 1.807) is 24.6 Å². The summed E-state index contributed by atoms with van der Waals surface area (Å²) >= 11 is 5.12. The van der Waals surface area contributed by atoms with E-state index in [-0.39, 0.29) is 0 Å². The average Bonchev–Trinajstić information content (AvgIpc) is 2.80. The van der Waals surface area contributed by atoms with E-state index in [0.29, 0.717) is 6.61 Å². The standard InChI is InChI=1S/C13H16BrN3OS/c1-3-15-7-12-11(8-18-2)17-13(19-12)9-4-10(14)6-16-5-9/h4-6,15H,3,7-8H2,1-2H3. The molecule has 0 fully saturated rings. The van der Waals surface area contributed by atoms with Crippen LogP contribution >= 0.6 is 27.3 Å². The van der Waals surface area contributed by atoms with Crippen molar-refractivity contribution in [3.8, 4) is 10.6 Å². The van der Waals surface area contributed by atoms with Gasteiger partial charge in [-0.15, -0.1) is 11.3 Å². The van der Waals surface area contributed by atoms with E-state index < -0.39 is 0 Å². The zero-order valence-corrected chi connectivity index (χ0v) is 13.3. The fourth-order valence-corrected chi connectivity index (χ4v) is 3.04. The Hall–Kier alpha value is -0.820. The minimum atomic E-state index is 0.540. The first-order valence-electron chi connectivity index (χ1n) is 6.03. The van der Waals surface area contributed by atoms with Crippen molar-refractivity contribution >= 4 is 27.3 Å². The number of halogens is 1. The maximum atomic E-state index is 5.21. The van der Waals surface area contributed by atoms with E-state index in [2.05, 4.69) is 38.1 Å². The number of aromatic nitrogens is 2. The molecule has 0 amide bonds. The van der Waals surface area contributed by atoms with Gasteiger partial charge in [0.15, 0.2) is 0 Å². The van der Waals surface area contributed by atoms with E-state index in [0.717, 1.165) is 33.8 Å². The van der Waals surface area contributed by atoms with Crippen LogP contribution < -0.4 is 5.32 Å². The van der Waals surface area contributed by atoms with Gasteiger partial charge < -0.3 is 10.1 Å². The average molecular weight is 342 g/mol. The number of methoxy groups -OCH3 is 1. The van der Waals surface area contributed by atoms with Crippen molar-refractivity contribution in [1.29, 1.82) is 0 Å². The third kappa shape index (κ3) is 3.82. The zero-order valence-electron chi connectivity index (χ0n) is 10.9. The van der Waals surface area contributed by atoms with Gasteiger partial charge in [0.2, 0.25) is 0 Å². The van der Waals surface area contributed by atoms with Crippen molar-refractivity contribution in [2.45, 2.75) is 20.1 Å². The van der Waals surface area contributed by atoms with Crippen LogP contribution in [-0.4, -0.2) is 23.6 Å². The van der Waals surface area contributed by atoms with Crippen molar-refractivity contribution < 1.29 is 4.74 Å². The SMILES string of the molecule is CCNCc1sc(-c2cncc(Br)c2)nc1COC. The molecule has 0 aliphatic carbocycles. The molecule has 1 N–H and O–H groups in total. The van der Waals surface area contributed by atoms with E-state index in [4.69, 9.17) is 4.74 Å². The molecule has 0 aliphatic heterocycles. The number of thiazole rings is 1. The number of nitrogens with one attached hydrogen (secondary N) is 1. The van der Waals surface area contributed by atoms with Crippen molar-refractivity contribution in [2.24, 2.45) is 0 Å². The fraction of sp³-hybridized carbons (Fsp3) is 0.385. The Balaban J connectivity index is 2.30. The first-order chi connectivity index (χ1) is 9.24. The number of ether oxygens (including phenoxy) is 1. The number of rotatable bonds is 6. The molecular weight excluding hydrogens is 326 g/mol. The molecule has 2 aromatic rings. The molecule has 0 radical (unpaired) electrons. The van der Waals surface area contributed by atoms with Crippen LogP contribution in [0.2, 0.25) is 0 Å². The molecule has 0 saturated heterocycles. The molecule has 0 spiro atoms. The first kappa shape index (κ1) is 14.6. The lowest BCUT2D eigenvalue weighted by Crippen LogP contribution is -2.12. The van der Waals surface area contributed by atoms with Gasteiger partial charge in [-0.1, -0.05) is 6.92 Å². The minimum Gasteiger partial charge on any atom is -0.378 e. The first-order valence-corrected chi connectivity index (χ1v) is 7.64. The Kier molecular flexibility index (Phi) is 5.45. The summed E-state index contributed by atoms with van der Waals surface area (Å²) < 4.78 is 6.17. The van der Waals surface area contributed by atoms with Crippen molar-refractivity contribution in [3.63, 3.8) is 0 Å². The fourth-order valence-electron chi connectivity index (χ4n) is 1.66. The Labute approximate surface area is 125 Å². The normalized spacial score (nSPS) is 10.9. The predicted octanol–water partition coefficient (Wildman–Crippen LogP) is 3.22. The van der Waals surface area contributed by atoms with E-state index in [1.165, 1.54) is 4.88 Å². The Morgan fingerprint density at radius 2 is 2.26 bits per heavy atom. The summed E-state index contributed by atoms with van der Waals surface area (Å²) in [7, 11) is 1.69. The molecule has 0 aromatic carbocycles. The quantitative estimate of drug-likeness (QED) is 0.876. The summed E-state index contributed by atoms with van der Waals surface area (Å²) in [4.78, 5) is 10.1. The number of hydrogen-bond donors (Lipinski definition) is 1. The van der Waals surface area contributed by atoms with E-state index >= 15 is 0 Å². The molecule has 0 unspecified atom stereocenters. The summed E-state index contributed by atoms with van der Waals surface area (Å²) in [5.41, 5.74) is 2.03. The van der Waals surface area contributed by atoms with Crippen LogP contribution in [-0.2, 0) is 17.9 Å². The zero-order chi connectivity index (χ0) is 13.7. The molecule has 19 heavy (non-hydrogen) atoms. The molecule has 2 aromatic heterocycles. The second kappa shape index (κ2) is 7.09. The third-order valence-electron chi connectivity index (χ3n) is 2.55. The Morgan fingerprint density at radius 3 is 2.95 bits per heavy atom. The molecule has 0 atom stereocenters. The highest BCUT2D eigenvalue weighted by Crippen LogP contribution is 2.29. The molecule has 0 bridgehead atoms. The lowest BCUT2D eigenvalue weighted by molar-refractivity contribution is 0.181. The van der Waals surface area contributed by atoms with Crippen LogP contribution in [0.5, 0.6) is 0 Å². The summed E-state index contributed by atoms with van der Waals surface area (Å²) in [5.74, 6) is 0. The van der Waals surface area contributed by atoms with Gasteiger partial charge >= 0.3 is 0 Å². The maximum Gasteiger partial charge on any atom is 0.125 e. The lowest BCUT2D eigenvalue weighted by Gasteiger charge is -2.00. The molecular formula is C13H16BrN3OS. The van der Waals surface area contributed by atoms with Crippen LogP contribution in [0.15, 0.2) is 22.9 Å². The Morgan fingerprint density at radius 1 is 1.42 bits per heavy atom. The highest BCUT2D eigenvalue weighted by Gasteiger charge is 2.12. The monoisotopic (exact) mass is 341 g/mol. The molecule has 2 heterocycles. The highest BCUT2D eigenvalue weighted by molar-refractivity contribution is 9.10. The van der Waals surface area contributed by atoms with Gasteiger partial charge in [-0.05, 0) is 28.5 Å². The number of nitrogens with zero attached hydrogens (tertiary/aromatic N) is 2. The number of pyridine rings is 1. The van der Waals surface area contributed by atoms with Gasteiger partial charge in [0.25, 0.3) is 0 Å². The van der Waals surface area contributed by atoms with Crippen LogP contribution in [0.25, 0.3) is 10.6 Å². The van der Waals surface area contributed by atoms with Gasteiger partial charge in [-0.25, -0.2) is 4.98 Å². The van der Waals surface area contributed by atoms with Gasteiger partial charge in [0.1, 0.15) is 5.01 Å². The largest absolute Gasteiger partial charge is 0.378 e. The molecule has 0 saturated carbocycles. The predicted molar refractivity (Wildman–Crippen MR) is 81.1 cm³/mol. The van der Waals surface area contributed by atoms with Crippen LogP contribution in [0.3, 0.4) is 0 Å². The summed E-state index contributed by atoms with van der Waals surface area (Å²) in [6.45, 7) is 4.40. The third-order valence-corrected chi connectivity index (χ3v) is 4.13. The molecule has 6 heteroatoms. The van der Waals surface area contributed by atoms with E-state index in [9.17, 15) is 0 Å². The summed E-state index contributed by atoms with van der Waals surface area (Å²) in [6, 6.07) is 2.03. The maximum absolute atomic E-state index is 5.21. The number of hydrogen-bond acceptors (Lipinski definition) is 5. The van der Waals surface area contributed by atoms with Crippen molar-refractivity contribution in [2.75, 3.05) is 13.7 Å². The van der Waals surface area contributed by atoms with Gasteiger partial charge in [0, 0.05) is 41.0 Å². The van der Waals surface area contributed by atoms with Crippen molar-refractivity contribution in [1.82, 2.24) is 15.3 Å². The molecule has 2 rings (SSSR count). The second-order valence-electron chi connectivity index (χ2n) is 3.99. The summed E-state index contributed by atoms with van der Waals surface area (Å²) in [6.07, 6.45) is 3.60. The Bertz CT molecular complexity index is 544. The van der Waals surface area contributed by atoms with Crippen LogP contribution in [0, 0.1) is 0 Å².